The lowest BCUT2D eigenvalue weighted by molar-refractivity contribution is 0.112. The van der Waals surface area contributed by atoms with Gasteiger partial charge in [-0.3, -0.25) is 4.79 Å². The van der Waals surface area contributed by atoms with Crippen LogP contribution in [-0.4, -0.2) is 18.4 Å². The molecule has 0 fully saturated rings. The smallest absolute Gasteiger partial charge is 0.152 e. The molecule has 3 aromatic rings. The molecule has 0 aliphatic carbocycles. The summed E-state index contributed by atoms with van der Waals surface area (Å²) in [5, 5.41) is 0.346. The molecule has 4 heteroatoms. The van der Waals surface area contributed by atoms with Crippen molar-refractivity contribution < 1.29 is 13.9 Å². The van der Waals surface area contributed by atoms with Crippen LogP contribution in [0.3, 0.4) is 0 Å². The lowest BCUT2D eigenvalue weighted by atomic mass is 10.0. The number of aryl methyl sites for hydroxylation is 2. The summed E-state index contributed by atoms with van der Waals surface area (Å²) in [6.07, 6.45) is 0.705. The minimum absolute atomic E-state index is 0.346. The summed E-state index contributed by atoms with van der Waals surface area (Å²) in [7, 11) is 1.61. The average molecular weight is 297 g/mol. The molecule has 0 amide bonds. The zero-order valence-corrected chi connectivity index (χ0v) is 12.7. The van der Waals surface area contributed by atoms with Gasteiger partial charge in [0.25, 0.3) is 0 Å². The number of aldehydes is 1. The molecule has 1 N–H and O–H groups in total. The normalized spacial score (nSPS) is 10.9. The van der Waals surface area contributed by atoms with Crippen LogP contribution in [0.1, 0.15) is 21.5 Å². The maximum atomic E-state index is 14.1. The van der Waals surface area contributed by atoms with Crippen LogP contribution in [0.2, 0.25) is 0 Å². The van der Waals surface area contributed by atoms with Gasteiger partial charge >= 0.3 is 0 Å². The van der Waals surface area contributed by atoms with Crippen LogP contribution in [0.15, 0.2) is 30.3 Å². The van der Waals surface area contributed by atoms with E-state index < -0.39 is 5.82 Å². The van der Waals surface area contributed by atoms with E-state index in [4.69, 9.17) is 4.74 Å². The monoisotopic (exact) mass is 297 g/mol. The highest BCUT2D eigenvalue weighted by Gasteiger charge is 2.17. The standard InChI is InChI=1S/C18H16FNO2/c1-10-4-6-14(19)16-13(9-21)18(20-17(10)16)12-5-7-15(22-3)11(2)8-12/h4-9,20H,1-3H3. The van der Waals surface area contributed by atoms with Gasteiger partial charge in [-0.1, -0.05) is 6.07 Å². The minimum atomic E-state index is -0.393. The van der Waals surface area contributed by atoms with Gasteiger partial charge in [0.2, 0.25) is 0 Å². The van der Waals surface area contributed by atoms with Crippen molar-refractivity contribution >= 4 is 17.2 Å². The summed E-state index contributed by atoms with van der Waals surface area (Å²) in [6, 6.07) is 8.71. The average Bonchev–Trinajstić information content (AvgIpc) is 2.91. The third-order valence-electron chi connectivity index (χ3n) is 3.95. The number of aromatic nitrogens is 1. The molecule has 0 bridgehead atoms. The third-order valence-corrected chi connectivity index (χ3v) is 3.95. The molecule has 22 heavy (non-hydrogen) atoms. The van der Waals surface area contributed by atoms with Gasteiger partial charge in [-0.15, -0.1) is 0 Å². The van der Waals surface area contributed by atoms with E-state index in [1.54, 1.807) is 13.2 Å². The van der Waals surface area contributed by atoms with Gasteiger partial charge in [-0.25, -0.2) is 4.39 Å². The van der Waals surface area contributed by atoms with Crippen LogP contribution in [0.5, 0.6) is 5.75 Å². The van der Waals surface area contributed by atoms with E-state index in [1.165, 1.54) is 6.07 Å². The van der Waals surface area contributed by atoms with Crippen LogP contribution >= 0.6 is 0 Å². The highest BCUT2D eigenvalue weighted by Crippen LogP contribution is 2.34. The summed E-state index contributed by atoms with van der Waals surface area (Å²) in [5.41, 5.74) is 4.31. The van der Waals surface area contributed by atoms with Gasteiger partial charge in [0.15, 0.2) is 6.29 Å². The van der Waals surface area contributed by atoms with Crippen molar-refractivity contribution in [2.45, 2.75) is 13.8 Å². The zero-order valence-electron chi connectivity index (χ0n) is 12.7. The fourth-order valence-corrected chi connectivity index (χ4v) is 2.80. The SMILES string of the molecule is COc1ccc(-c2[nH]c3c(C)ccc(F)c3c2C=O)cc1C. The maximum absolute atomic E-state index is 14.1. The second-order valence-corrected chi connectivity index (χ2v) is 5.33. The summed E-state index contributed by atoms with van der Waals surface area (Å²) < 4.78 is 19.4. The molecular weight excluding hydrogens is 281 g/mol. The van der Waals surface area contributed by atoms with Crippen LogP contribution in [0, 0.1) is 19.7 Å². The number of ether oxygens (including phenoxy) is 1. The Kier molecular flexibility index (Phi) is 3.45. The van der Waals surface area contributed by atoms with E-state index in [9.17, 15) is 9.18 Å². The van der Waals surface area contributed by atoms with Gasteiger partial charge in [0, 0.05) is 5.39 Å². The number of halogens is 1. The molecule has 0 atom stereocenters. The molecule has 1 heterocycles. The Balaban J connectivity index is 2.31. The Labute approximate surface area is 127 Å². The first-order chi connectivity index (χ1) is 10.6. The summed E-state index contributed by atoms with van der Waals surface area (Å²) in [4.78, 5) is 14.7. The Morgan fingerprint density at radius 1 is 1.14 bits per heavy atom. The lowest BCUT2D eigenvalue weighted by Crippen LogP contribution is -1.90. The highest BCUT2D eigenvalue weighted by molar-refractivity contribution is 6.05. The first-order valence-electron chi connectivity index (χ1n) is 6.97. The molecule has 0 aliphatic heterocycles. The number of carbonyl (C=O) groups excluding carboxylic acids is 1. The van der Waals surface area contributed by atoms with Gasteiger partial charge in [0.05, 0.1) is 23.9 Å². The molecule has 2 aromatic carbocycles. The van der Waals surface area contributed by atoms with E-state index in [1.807, 2.05) is 32.0 Å². The van der Waals surface area contributed by atoms with Gasteiger partial charge in [0.1, 0.15) is 11.6 Å². The van der Waals surface area contributed by atoms with Crippen LogP contribution in [0.4, 0.5) is 4.39 Å². The molecular formula is C18H16FNO2. The number of nitrogens with one attached hydrogen (secondary N) is 1. The number of rotatable bonds is 3. The molecule has 0 unspecified atom stereocenters. The number of methoxy groups -OCH3 is 1. The summed E-state index contributed by atoms with van der Waals surface area (Å²) in [6.45, 7) is 3.81. The van der Waals surface area contributed by atoms with Gasteiger partial charge in [-0.05, 0) is 54.8 Å². The molecule has 0 spiro atoms. The van der Waals surface area contributed by atoms with Gasteiger partial charge in [-0.2, -0.15) is 0 Å². The Morgan fingerprint density at radius 3 is 2.55 bits per heavy atom. The second kappa shape index (κ2) is 5.30. The first-order valence-corrected chi connectivity index (χ1v) is 6.97. The predicted molar refractivity (Wildman–Crippen MR) is 85.1 cm³/mol. The summed E-state index contributed by atoms with van der Waals surface area (Å²) >= 11 is 0. The van der Waals surface area contributed by atoms with Crippen molar-refractivity contribution in [2.75, 3.05) is 7.11 Å². The van der Waals surface area contributed by atoms with Crippen molar-refractivity contribution in [3.63, 3.8) is 0 Å². The first kappa shape index (κ1) is 14.3. The Hall–Kier alpha value is -2.62. The highest BCUT2D eigenvalue weighted by atomic mass is 19.1. The molecule has 1 aromatic heterocycles. The molecule has 0 radical (unpaired) electrons. The van der Waals surface area contributed by atoms with E-state index >= 15 is 0 Å². The molecule has 0 aliphatic rings. The van der Waals surface area contributed by atoms with Crippen molar-refractivity contribution in [3.8, 4) is 17.0 Å². The fourth-order valence-electron chi connectivity index (χ4n) is 2.80. The van der Waals surface area contributed by atoms with E-state index in [0.29, 0.717) is 28.4 Å². The quantitative estimate of drug-likeness (QED) is 0.727. The number of aromatic amines is 1. The van der Waals surface area contributed by atoms with Gasteiger partial charge < -0.3 is 9.72 Å². The molecule has 0 saturated carbocycles. The number of hydrogen-bond donors (Lipinski definition) is 1. The van der Waals surface area contributed by atoms with Crippen LogP contribution in [-0.2, 0) is 0 Å². The Morgan fingerprint density at radius 2 is 1.91 bits per heavy atom. The minimum Gasteiger partial charge on any atom is -0.496 e. The van der Waals surface area contributed by atoms with Crippen LogP contribution < -0.4 is 4.74 Å². The van der Waals surface area contributed by atoms with E-state index in [-0.39, 0.29) is 0 Å². The van der Waals surface area contributed by atoms with Crippen molar-refractivity contribution in [3.05, 3.63) is 52.8 Å². The largest absolute Gasteiger partial charge is 0.496 e. The van der Waals surface area contributed by atoms with Crippen molar-refractivity contribution in [1.29, 1.82) is 0 Å². The number of carbonyl (C=O) groups is 1. The zero-order chi connectivity index (χ0) is 15.9. The molecule has 3 nitrogen and oxygen atoms in total. The number of benzene rings is 2. The second-order valence-electron chi connectivity index (χ2n) is 5.33. The molecule has 0 saturated heterocycles. The molecule has 3 rings (SSSR count). The number of hydrogen-bond acceptors (Lipinski definition) is 2. The predicted octanol–water partition coefficient (Wildman–Crippen LogP) is 4.41. The van der Waals surface area contributed by atoms with E-state index in [0.717, 1.165) is 22.4 Å². The number of fused-ring (bicyclic) bond motifs is 1. The van der Waals surface area contributed by atoms with Crippen molar-refractivity contribution in [2.24, 2.45) is 0 Å². The van der Waals surface area contributed by atoms with Crippen molar-refractivity contribution in [1.82, 2.24) is 4.98 Å². The topological polar surface area (TPSA) is 42.1 Å². The maximum Gasteiger partial charge on any atom is 0.152 e. The third kappa shape index (κ3) is 2.08. The fraction of sp³-hybridized carbons (Fsp3) is 0.167. The lowest BCUT2D eigenvalue weighted by Gasteiger charge is -2.07. The van der Waals surface area contributed by atoms with Crippen LogP contribution in [0.25, 0.3) is 22.2 Å². The Bertz CT molecular complexity index is 880. The molecule has 112 valence electrons. The number of H-pyrrole nitrogens is 1. The van der Waals surface area contributed by atoms with E-state index in [2.05, 4.69) is 4.98 Å². The summed E-state index contributed by atoms with van der Waals surface area (Å²) in [5.74, 6) is 0.380.